The summed E-state index contributed by atoms with van der Waals surface area (Å²) in [6.07, 6.45) is 0. The van der Waals surface area contributed by atoms with E-state index in [9.17, 15) is 0 Å². The van der Waals surface area contributed by atoms with Gasteiger partial charge in [0.2, 0.25) is 0 Å². The van der Waals surface area contributed by atoms with Crippen molar-refractivity contribution < 1.29 is 0 Å². The smallest absolute Gasteiger partial charge is 0.264 e. The van der Waals surface area contributed by atoms with Gasteiger partial charge in [-0.3, -0.25) is 0 Å². The molecule has 15 aromatic rings. The van der Waals surface area contributed by atoms with Crippen molar-refractivity contribution in [3.05, 3.63) is 265 Å². The molecule has 17 rings (SSSR count). The third kappa shape index (κ3) is 8.31. The number of rotatable bonds is 6. The molecule has 0 amide bonds. The Kier molecular flexibility index (Phi) is 11.7. The van der Waals surface area contributed by atoms with Crippen LogP contribution in [0.5, 0.6) is 0 Å². The third-order valence-electron chi connectivity index (χ3n) is 19.6. The molecular weight excluding hydrogens is 1090 g/mol. The zero-order valence-electron chi connectivity index (χ0n) is 52.0. The lowest BCUT2D eigenvalue weighted by molar-refractivity contribution is 0.590. The first-order chi connectivity index (χ1) is 43.0. The Balaban J connectivity index is 1.03. The van der Waals surface area contributed by atoms with Gasteiger partial charge in [0.15, 0.2) is 0 Å². The Morgan fingerprint density at radius 2 is 0.888 bits per heavy atom. The van der Waals surface area contributed by atoms with Gasteiger partial charge in [-0.15, -0.1) is 11.3 Å². The molecule has 0 saturated carbocycles. The Morgan fingerprint density at radius 3 is 1.58 bits per heavy atom. The Hall–Kier alpha value is -9.68. The molecule has 0 fully saturated rings. The topological polar surface area (TPSA) is 11.4 Å². The number of hydrogen-bond donors (Lipinski definition) is 0. The maximum absolute atomic E-state index is 2.68. The maximum atomic E-state index is 2.68. The first-order valence-corrected chi connectivity index (χ1v) is 32.4. The van der Waals surface area contributed by atoms with E-state index in [0.717, 1.165) is 17.1 Å². The molecule has 89 heavy (non-hydrogen) atoms. The predicted octanol–water partition coefficient (Wildman–Crippen LogP) is 21.9. The molecule has 5 heteroatoms. The van der Waals surface area contributed by atoms with E-state index in [-0.39, 0.29) is 23.0 Å². The Bertz CT molecular complexity index is 5320. The van der Waals surface area contributed by atoms with Gasteiger partial charge in [0, 0.05) is 53.9 Å². The fourth-order valence-electron chi connectivity index (χ4n) is 15.0. The van der Waals surface area contributed by atoms with Crippen molar-refractivity contribution >= 4 is 132 Å². The molecule has 4 heterocycles. The van der Waals surface area contributed by atoms with Crippen LogP contribution in [0.3, 0.4) is 0 Å². The lowest BCUT2D eigenvalue weighted by Crippen LogP contribution is -2.60. The van der Waals surface area contributed by atoms with Gasteiger partial charge in [-0.25, -0.2) is 0 Å². The highest BCUT2D eigenvalue weighted by atomic mass is 32.1. The number of anilines is 6. The monoisotopic (exact) mass is 1160 g/mol. The molecule has 0 aliphatic carbocycles. The Labute approximate surface area is 526 Å². The third-order valence-corrected chi connectivity index (χ3v) is 20.8. The van der Waals surface area contributed by atoms with Crippen LogP contribution in [0.15, 0.2) is 249 Å². The molecule has 0 bridgehead atoms. The van der Waals surface area contributed by atoms with Crippen molar-refractivity contribution in [2.24, 2.45) is 0 Å². The number of nitrogens with zero attached hydrogens (tertiary/aromatic N) is 3. The number of hydrogen-bond acceptors (Lipinski definition) is 3. The van der Waals surface area contributed by atoms with E-state index in [2.05, 4.69) is 325 Å². The van der Waals surface area contributed by atoms with Gasteiger partial charge in [-0.2, -0.15) is 0 Å². The molecule has 3 nitrogen and oxygen atoms in total. The number of aromatic nitrogens is 1. The number of thiophene rings is 1. The molecule has 0 spiro atoms. The van der Waals surface area contributed by atoms with Gasteiger partial charge >= 0.3 is 0 Å². The van der Waals surface area contributed by atoms with E-state index in [0.29, 0.717) is 0 Å². The van der Waals surface area contributed by atoms with Crippen molar-refractivity contribution in [3.63, 3.8) is 0 Å². The van der Waals surface area contributed by atoms with Gasteiger partial charge < -0.3 is 14.4 Å². The van der Waals surface area contributed by atoms with Gasteiger partial charge in [0.1, 0.15) is 0 Å². The largest absolute Gasteiger partial charge is 0.311 e. The first kappa shape index (κ1) is 53.6. The fourth-order valence-corrected chi connectivity index (χ4v) is 16.3. The second kappa shape index (κ2) is 19.4. The van der Waals surface area contributed by atoms with Crippen LogP contribution in [-0.4, -0.2) is 11.3 Å². The molecule has 13 aromatic carbocycles. The van der Waals surface area contributed by atoms with E-state index in [4.69, 9.17) is 0 Å². The molecule has 0 atom stereocenters. The minimum atomic E-state index is -0.131. The van der Waals surface area contributed by atoms with Crippen LogP contribution >= 0.6 is 11.3 Å². The molecule has 2 aliphatic rings. The van der Waals surface area contributed by atoms with E-state index in [1.807, 2.05) is 11.3 Å². The number of benzene rings is 13. The summed E-state index contributed by atoms with van der Waals surface area (Å²) in [5.41, 5.74) is 24.1. The summed E-state index contributed by atoms with van der Waals surface area (Å²) >= 11 is 1.98. The molecule has 2 aromatic heterocycles. The summed E-state index contributed by atoms with van der Waals surface area (Å²) in [6.45, 7) is 20.9. The summed E-state index contributed by atoms with van der Waals surface area (Å²) in [5.74, 6) is 0. The van der Waals surface area contributed by atoms with Crippen LogP contribution in [0.1, 0.15) is 79.0 Å². The lowest BCUT2D eigenvalue weighted by atomic mass is 9.36. The van der Waals surface area contributed by atoms with Gasteiger partial charge in [0.25, 0.3) is 6.71 Å². The van der Waals surface area contributed by atoms with Crippen molar-refractivity contribution in [3.8, 4) is 39.1 Å². The van der Waals surface area contributed by atoms with E-state index in [1.165, 1.54) is 153 Å². The van der Waals surface area contributed by atoms with Crippen molar-refractivity contribution in [2.75, 3.05) is 9.80 Å². The normalized spacial score (nSPS) is 13.4. The first-order valence-electron chi connectivity index (χ1n) is 31.6. The van der Waals surface area contributed by atoms with Crippen molar-refractivity contribution in [2.45, 2.75) is 78.6 Å². The van der Waals surface area contributed by atoms with Gasteiger partial charge in [-0.1, -0.05) is 238 Å². The number of para-hydroxylation sites is 2. The molecule has 0 unspecified atom stereocenters. The average molecular weight is 1160 g/mol. The second-order valence-electron chi connectivity index (χ2n) is 28.1. The molecule has 428 valence electrons. The Morgan fingerprint density at radius 1 is 0.337 bits per heavy atom. The van der Waals surface area contributed by atoms with E-state index >= 15 is 0 Å². The fraction of sp³-hybridized carbons (Fsp3) is 0.143. The molecule has 0 radical (unpaired) electrons. The highest BCUT2D eigenvalue weighted by Crippen LogP contribution is 2.53. The quantitative estimate of drug-likeness (QED) is 0.121. The summed E-state index contributed by atoms with van der Waals surface area (Å²) in [6, 6.07) is 95.6. The molecule has 0 saturated heterocycles. The zero-order valence-corrected chi connectivity index (χ0v) is 52.8. The highest BCUT2D eigenvalue weighted by Gasteiger charge is 2.47. The van der Waals surface area contributed by atoms with Crippen LogP contribution < -0.4 is 25.5 Å². The van der Waals surface area contributed by atoms with E-state index in [1.54, 1.807) is 0 Å². The predicted molar refractivity (Wildman–Crippen MR) is 386 cm³/mol. The van der Waals surface area contributed by atoms with Crippen molar-refractivity contribution in [1.82, 2.24) is 4.57 Å². The van der Waals surface area contributed by atoms with Crippen LogP contribution in [-0.2, 0) is 16.2 Å². The summed E-state index contributed by atoms with van der Waals surface area (Å²) in [7, 11) is 0. The SMILES string of the molecule is CC(C)(C)c1ccc(N2c3cc(-n4c5ccccc5c5ccccc54)cc4c3B(c3cc(-c5cccc(-c6ccccc6)c5)ccc3N4c3ccc(C(C)(C)C)cc3-c3ccc4ccc5cccc6ccc3c4c56)c3sc4ccc(C(C)(C)C)cc4c32)cc1. The minimum absolute atomic E-state index is 0.0273. The average Bonchev–Trinajstić information content (AvgIpc) is 1.70. The van der Waals surface area contributed by atoms with Crippen LogP contribution in [0, 0.1) is 0 Å². The molecule has 0 N–H and O–H groups in total. The lowest BCUT2D eigenvalue weighted by Gasteiger charge is -2.44. The summed E-state index contributed by atoms with van der Waals surface area (Å²) in [5, 5.41) is 11.5. The van der Waals surface area contributed by atoms with Gasteiger partial charge in [-0.05, 0) is 177 Å². The van der Waals surface area contributed by atoms with E-state index < -0.39 is 0 Å². The number of fused-ring (bicyclic) bond motifs is 9. The van der Waals surface area contributed by atoms with Gasteiger partial charge in [0.05, 0.1) is 28.1 Å². The standard InChI is InChI=1S/C84H68BN3S/c1-82(2,3)58-34-38-61(39-35-58)87-74-49-62(86-70-27-15-13-25-64(70)65-26-14-16-28-71(65)86)50-75-79(74)85(81-80(87)68-48-60(84(7,8)9)37-44-76(68)89-81)69-46-57(56-24-18-23-55(45-56)51-19-11-10-12-20-51)33-42-73(69)88(75)72-43-36-59(83(4,5)6)47-67(72)63-40-31-54-30-29-52-21-17-22-53-32-41-66(63)78(54)77(52)53/h10-50H,1-9H3. The van der Waals surface area contributed by atoms with Crippen LogP contribution in [0.4, 0.5) is 34.1 Å². The molecule has 2 aliphatic heterocycles. The minimum Gasteiger partial charge on any atom is -0.311 e. The summed E-state index contributed by atoms with van der Waals surface area (Å²) < 4.78 is 5.19. The van der Waals surface area contributed by atoms with Crippen molar-refractivity contribution in [1.29, 1.82) is 0 Å². The maximum Gasteiger partial charge on any atom is 0.264 e. The second-order valence-corrected chi connectivity index (χ2v) is 29.2. The highest BCUT2D eigenvalue weighted by molar-refractivity contribution is 7.33. The molecular formula is C84H68BN3S. The summed E-state index contributed by atoms with van der Waals surface area (Å²) in [4.78, 5) is 5.35. The van der Waals surface area contributed by atoms with Crippen LogP contribution in [0.2, 0.25) is 0 Å². The zero-order chi connectivity index (χ0) is 60.4. The van der Waals surface area contributed by atoms with Crippen LogP contribution in [0.25, 0.3) is 103 Å².